The number of Topliss-reactive ketones (excluding diaryl/α,β-unsaturated/α-hetero) is 1. The minimum Gasteiger partial charge on any atom is -0.293 e. The highest BCUT2D eigenvalue weighted by Crippen LogP contribution is 2.23. The third-order valence-corrected chi connectivity index (χ3v) is 5.38. The number of carbonyl (C=O) groups is 1. The number of aromatic nitrogens is 4. The van der Waals surface area contributed by atoms with E-state index < -0.39 is 0 Å². The lowest BCUT2D eigenvalue weighted by Crippen LogP contribution is -2.06. The van der Waals surface area contributed by atoms with E-state index in [2.05, 4.69) is 51.1 Å². The van der Waals surface area contributed by atoms with Gasteiger partial charge >= 0.3 is 0 Å². The van der Waals surface area contributed by atoms with Crippen molar-refractivity contribution in [2.75, 3.05) is 5.75 Å². The summed E-state index contributed by atoms with van der Waals surface area (Å²) >= 11 is 3.57. The number of ketones is 1. The molecule has 0 aliphatic heterocycles. The largest absolute Gasteiger partial charge is 0.293 e. The maximum absolute atomic E-state index is 12.3. The molecule has 5 nitrogen and oxygen atoms in total. The van der Waals surface area contributed by atoms with Crippen LogP contribution >= 0.6 is 34.4 Å². The molecule has 1 aromatic heterocycles. The molecule has 0 saturated heterocycles. The third-order valence-electron chi connectivity index (χ3n) is 3.74. The molecule has 0 unspecified atom stereocenters. The van der Waals surface area contributed by atoms with Gasteiger partial charge in [-0.25, -0.2) is 0 Å². The summed E-state index contributed by atoms with van der Waals surface area (Å²) < 4.78 is 2.80. The number of hydrogen-bond acceptors (Lipinski definition) is 5. The first kappa shape index (κ1) is 17.1. The molecule has 24 heavy (non-hydrogen) atoms. The average Bonchev–Trinajstić information content (AvgIpc) is 3.04. The number of thioether (sulfide) groups is 1. The minimum atomic E-state index is 0.0620. The van der Waals surface area contributed by atoms with Gasteiger partial charge in [0.2, 0.25) is 5.16 Å². The lowest BCUT2D eigenvalue weighted by molar-refractivity contribution is 0.102. The van der Waals surface area contributed by atoms with Crippen LogP contribution in [0.1, 0.15) is 21.5 Å². The second-order valence-electron chi connectivity index (χ2n) is 5.31. The van der Waals surface area contributed by atoms with E-state index in [0.29, 0.717) is 16.5 Å². The summed E-state index contributed by atoms with van der Waals surface area (Å²) in [6.07, 6.45) is 0. The Bertz CT molecular complexity index is 877. The Labute approximate surface area is 158 Å². The Balaban J connectivity index is 1.78. The van der Waals surface area contributed by atoms with Crippen molar-refractivity contribution in [1.29, 1.82) is 0 Å². The van der Waals surface area contributed by atoms with Crippen LogP contribution in [0.25, 0.3) is 5.69 Å². The summed E-state index contributed by atoms with van der Waals surface area (Å²) in [5.74, 6) is 0.359. The quantitative estimate of drug-likeness (QED) is 0.336. The Kier molecular flexibility index (Phi) is 5.30. The lowest BCUT2D eigenvalue weighted by Gasteiger charge is -2.09. The summed E-state index contributed by atoms with van der Waals surface area (Å²) in [5.41, 5.74) is 3.93. The highest BCUT2D eigenvalue weighted by molar-refractivity contribution is 14.1. The van der Waals surface area contributed by atoms with Crippen molar-refractivity contribution in [1.82, 2.24) is 20.2 Å². The molecule has 122 valence electrons. The van der Waals surface area contributed by atoms with Crippen LogP contribution in [0, 0.1) is 17.4 Å². The fourth-order valence-corrected chi connectivity index (χ4v) is 3.37. The summed E-state index contributed by atoms with van der Waals surface area (Å²) in [5, 5.41) is 12.5. The van der Waals surface area contributed by atoms with Gasteiger partial charge in [-0.2, -0.15) is 4.68 Å². The van der Waals surface area contributed by atoms with Crippen LogP contribution in [0.15, 0.2) is 47.6 Å². The number of tetrazole rings is 1. The number of rotatable bonds is 5. The van der Waals surface area contributed by atoms with E-state index in [9.17, 15) is 4.79 Å². The van der Waals surface area contributed by atoms with E-state index in [-0.39, 0.29) is 5.78 Å². The first-order valence-electron chi connectivity index (χ1n) is 7.33. The van der Waals surface area contributed by atoms with E-state index in [4.69, 9.17) is 0 Å². The maximum atomic E-state index is 12.3. The molecule has 0 atom stereocenters. The van der Waals surface area contributed by atoms with Crippen LogP contribution in [0.3, 0.4) is 0 Å². The molecule has 2 aromatic carbocycles. The van der Waals surface area contributed by atoms with Crippen molar-refractivity contribution in [3.05, 3.63) is 62.7 Å². The zero-order valence-electron chi connectivity index (χ0n) is 13.2. The molecule has 0 aliphatic carbocycles. The van der Waals surface area contributed by atoms with Crippen LogP contribution in [-0.4, -0.2) is 31.7 Å². The average molecular weight is 450 g/mol. The van der Waals surface area contributed by atoms with Gasteiger partial charge in [-0.3, -0.25) is 4.79 Å². The monoisotopic (exact) mass is 450 g/mol. The highest BCUT2D eigenvalue weighted by atomic mass is 127. The molecule has 0 fully saturated rings. The smallest absolute Gasteiger partial charge is 0.214 e. The number of aryl methyl sites for hydroxylation is 1. The first-order valence-corrected chi connectivity index (χ1v) is 9.39. The van der Waals surface area contributed by atoms with Crippen molar-refractivity contribution in [3.63, 3.8) is 0 Å². The third kappa shape index (κ3) is 3.67. The van der Waals surface area contributed by atoms with Crippen molar-refractivity contribution in [2.45, 2.75) is 19.0 Å². The molecular formula is C17H15IN4OS. The van der Waals surface area contributed by atoms with E-state index >= 15 is 0 Å². The second kappa shape index (κ2) is 7.43. The topological polar surface area (TPSA) is 60.7 Å². The number of nitrogens with zero attached hydrogens (tertiary/aromatic N) is 4. The Morgan fingerprint density at radius 1 is 1.17 bits per heavy atom. The van der Waals surface area contributed by atoms with Crippen LogP contribution in [-0.2, 0) is 0 Å². The van der Waals surface area contributed by atoms with Gasteiger partial charge in [-0.05, 0) is 76.2 Å². The van der Waals surface area contributed by atoms with Gasteiger partial charge in [0.15, 0.2) is 5.78 Å². The van der Waals surface area contributed by atoms with Crippen molar-refractivity contribution in [3.8, 4) is 5.69 Å². The van der Waals surface area contributed by atoms with Crippen LogP contribution < -0.4 is 0 Å². The maximum Gasteiger partial charge on any atom is 0.214 e. The molecule has 0 bridgehead atoms. The van der Waals surface area contributed by atoms with Gasteiger partial charge in [-0.1, -0.05) is 36.0 Å². The Morgan fingerprint density at radius 2 is 1.92 bits per heavy atom. The molecule has 0 aliphatic rings. The minimum absolute atomic E-state index is 0.0620. The number of carbonyl (C=O) groups excluding carboxylic acids is 1. The normalized spacial score (nSPS) is 10.8. The summed E-state index contributed by atoms with van der Waals surface area (Å²) in [4.78, 5) is 12.3. The number of hydrogen-bond donors (Lipinski definition) is 0. The summed E-state index contributed by atoms with van der Waals surface area (Å²) in [6, 6.07) is 13.6. The first-order chi connectivity index (χ1) is 11.6. The van der Waals surface area contributed by atoms with E-state index in [1.165, 1.54) is 17.3 Å². The fraction of sp³-hybridized carbons (Fsp3) is 0.176. The van der Waals surface area contributed by atoms with Crippen LogP contribution in [0.4, 0.5) is 0 Å². The lowest BCUT2D eigenvalue weighted by atomic mass is 10.1. The molecule has 3 rings (SSSR count). The van der Waals surface area contributed by atoms with Gasteiger partial charge in [0.05, 0.1) is 11.4 Å². The molecule has 0 saturated carbocycles. The molecule has 1 heterocycles. The van der Waals surface area contributed by atoms with Gasteiger partial charge in [-0.15, -0.1) is 5.10 Å². The predicted molar refractivity (Wildman–Crippen MR) is 103 cm³/mol. The molecule has 0 amide bonds. The standard InChI is InChI=1S/C17H15IN4OS/c1-11-4-3-5-15(12(11)2)22-17(19-20-21-22)24-10-16(23)13-6-8-14(18)9-7-13/h3-9H,10H2,1-2H3. The Morgan fingerprint density at radius 3 is 2.67 bits per heavy atom. The predicted octanol–water partition coefficient (Wildman–Crippen LogP) is 3.86. The molecular weight excluding hydrogens is 435 g/mol. The van der Waals surface area contributed by atoms with Gasteiger partial charge in [0.1, 0.15) is 0 Å². The number of benzene rings is 2. The van der Waals surface area contributed by atoms with Crippen LogP contribution in [0.5, 0.6) is 0 Å². The van der Waals surface area contributed by atoms with E-state index in [0.717, 1.165) is 14.8 Å². The van der Waals surface area contributed by atoms with Crippen LogP contribution in [0.2, 0.25) is 0 Å². The van der Waals surface area contributed by atoms with Crippen molar-refractivity contribution < 1.29 is 4.79 Å². The second-order valence-corrected chi connectivity index (χ2v) is 7.50. The van der Waals surface area contributed by atoms with E-state index in [1.807, 2.05) is 43.3 Å². The van der Waals surface area contributed by atoms with E-state index in [1.54, 1.807) is 4.68 Å². The van der Waals surface area contributed by atoms with Gasteiger partial charge in [0.25, 0.3) is 0 Å². The van der Waals surface area contributed by atoms with Gasteiger partial charge in [0, 0.05) is 9.13 Å². The molecule has 0 radical (unpaired) electrons. The summed E-state index contributed by atoms with van der Waals surface area (Å²) in [7, 11) is 0. The SMILES string of the molecule is Cc1cccc(-n2nnnc2SCC(=O)c2ccc(I)cc2)c1C. The van der Waals surface area contributed by atoms with Crippen molar-refractivity contribution >= 4 is 40.1 Å². The zero-order valence-corrected chi connectivity index (χ0v) is 16.2. The molecule has 7 heteroatoms. The van der Waals surface area contributed by atoms with Gasteiger partial charge < -0.3 is 0 Å². The molecule has 0 spiro atoms. The number of halogens is 1. The Hall–Kier alpha value is -1.74. The van der Waals surface area contributed by atoms with Crippen molar-refractivity contribution in [2.24, 2.45) is 0 Å². The highest BCUT2D eigenvalue weighted by Gasteiger charge is 2.14. The fourth-order valence-electron chi connectivity index (χ4n) is 2.23. The molecule has 3 aromatic rings. The summed E-state index contributed by atoms with van der Waals surface area (Å²) in [6.45, 7) is 4.09. The molecule has 0 N–H and O–H groups in total. The zero-order chi connectivity index (χ0) is 17.1.